The standard InChI is InChI=1S/C15H24N2O2S2/c1-12-5-6-14(9-13(12)10-16-3)21(18,19)17-11-15(2)7-4-8-20-15/h5-6,9,16-17H,4,7-8,10-11H2,1-3H3. The van der Waals surface area contributed by atoms with E-state index in [1.165, 1.54) is 6.42 Å². The molecule has 1 unspecified atom stereocenters. The van der Waals surface area contributed by atoms with Gasteiger partial charge in [-0.2, -0.15) is 11.8 Å². The van der Waals surface area contributed by atoms with Crippen molar-refractivity contribution in [3.8, 4) is 0 Å². The quantitative estimate of drug-likeness (QED) is 0.841. The zero-order chi connectivity index (χ0) is 15.5. The summed E-state index contributed by atoms with van der Waals surface area (Å²) in [6.07, 6.45) is 2.23. The first kappa shape index (κ1) is 16.8. The van der Waals surface area contributed by atoms with Gasteiger partial charge in [0.15, 0.2) is 0 Å². The van der Waals surface area contributed by atoms with Crippen LogP contribution in [0.1, 0.15) is 30.9 Å². The van der Waals surface area contributed by atoms with Crippen molar-refractivity contribution in [3.05, 3.63) is 29.3 Å². The third-order valence-corrected chi connectivity index (χ3v) is 6.87. The lowest BCUT2D eigenvalue weighted by Gasteiger charge is -2.23. The number of thioether (sulfide) groups is 1. The van der Waals surface area contributed by atoms with Gasteiger partial charge in [0.2, 0.25) is 10.0 Å². The SMILES string of the molecule is CNCc1cc(S(=O)(=O)NCC2(C)CCCS2)ccc1C. The second kappa shape index (κ2) is 6.69. The van der Waals surface area contributed by atoms with Crippen molar-refractivity contribution in [1.29, 1.82) is 0 Å². The summed E-state index contributed by atoms with van der Waals surface area (Å²) in [5.41, 5.74) is 2.11. The average molecular weight is 329 g/mol. The fourth-order valence-electron chi connectivity index (χ4n) is 2.50. The molecule has 4 nitrogen and oxygen atoms in total. The number of benzene rings is 1. The maximum atomic E-state index is 12.5. The molecular formula is C15H24N2O2S2. The number of sulfonamides is 1. The molecule has 1 fully saturated rings. The molecular weight excluding hydrogens is 304 g/mol. The number of hydrogen-bond donors (Lipinski definition) is 2. The van der Waals surface area contributed by atoms with Crippen molar-refractivity contribution in [3.63, 3.8) is 0 Å². The Balaban J connectivity index is 2.13. The summed E-state index contributed by atoms with van der Waals surface area (Å²) in [7, 11) is -1.58. The molecule has 1 aliphatic heterocycles. The van der Waals surface area contributed by atoms with Gasteiger partial charge in [-0.25, -0.2) is 13.1 Å². The molecule has 1 aromatic carbocycles. The van der Waals surface area contributed by atoms with E-state index in [0.717, 1.165) is 23.3 Å². The molecule has 0 aromatic heterocycles. The smallest absolute Gasteiger partial charge is 0.240 e. The first-order valence-corrected chi connectivity index (χ1v) is 9.71. The molecule has 0 spiro atoms. The van der Waals surface area contributed by atoms with Crippen LogP contribution in [-0.2, 0) is 16.6 Å². The Labute approximate surface area is 132 Å². The minimum atomic E-state index is -3.43. The maximum absolute atomic E-state index is 12.5. The van der Waals surface area contributed by atoms with Gasteiger partial charge in [0, 0.05) is 17.8 Å². The first-order chi connectivity index (χ1) is 9.86. The van der Waals surface area contributed by atoms with E-state index >= 15 is 0 Å². The zero-order valence-electron chi connectivity index (χ0n) is 12.9. The van der Waals surface area contributed by atoms with Crippen LogP contribution in [0.4, 0.5) is 0 Å². The van der Waals surface area contributed by atoms with Gasteiger partial charge in [0.25, 0.3) is 0 Å². The normalized spacial score (nSPS) is 22.6. The van der Waals surface area contributed by atoms with Gasteiger partial charge in [0.05, 0.1) is 4.90 Å². The molecule has 0 bridgehead atoms. The highest BCUT2D eigenvalue weighted by molar-refractivity contribution is 8.01. The second-order valence-electron chi connectivity index (χ2n) is 5.85. The van der Waals surface area contributed by atoms with Crippen LogP contribution in [0, 0.1) is 6.92 Å². The lowest BCUT2D eigenvalue weighted by atomic mass is 10.1. The summed E-state index contributed by atoms with van der Waals surface area (Å²) >= 11 is 1.86. The Morgan fingerprint density at radius 2 is 2.14 bits per heavy atom. The van der Waals surface area contributed by atoms with Crippen LogP contribution in [0.15, 0.2) is 23.1 Å². The molecule has 0 radical (unpaired) electrons. The van der Waals surface area contributed by atoms with E-state index in [1.54, 1.807) is 12.1 Å². The van der Waals surface area contributed by atoms with Gasteiger partial charge in [-0.05, 0) is 62.7 Å². The highest BCUT2D eigenvalue weighted by Crippen LogP contribution is 2.37. The summed E-state index contributed by atoms with van der Waals surface area (Å²) in [5, 5.41) is 3.07. The summed E-state index contributed by atoms with van der Waals surface area (Å²) in [6.45, 7) is 5.29. The van der Waals surface area contributed by atoms with Gasteiger partial charge < -0.3 is 5.32 Å². The Kier molecular flexibility index (Phi) is 5.35. The average Bonchev–Trinajstić information content (AvgIpc) is 2.87. The highest BCUT2D eigenvalue weighted by Gasteiger charge is 2.31. The molecule has 2 N–H and O–H groups in total. The van der Waals surface area contributed by atoms with Crippen LogP contribution >= 0.6 is 11.8 Å². The van der Waals surface area contributed by atoms with E-state index in [9.17, 15) is 8.42 Å². The highest BCUT2D eigenvalue weighted by atomic mass is 32.2. The van der Waals surface area contributed by atoms with E-state index in [0.29, 0.717) is 18.0 Å². The predicted octanol–water partition coefficient (Wildman–Crippen LogP) is 2.28. The van der Waals surface area contributed by atoms with E-state index in [2.05, 4.69) is 17.0 Å². The lowest BCUT2D eigenvalue weighted by Crippen LogP contribution is -2.36. The molecule has 1 aliphatic rings. The van der Waals surface area contributed by atoms with Gasteiger partial charge in [0.1, 0.15) is 0 Å². The van der Waals surface area contributed by atoms with E-state index in [4.69, 9.17) is 0 Å². The molecule has 1 aromatic rings. The third-order valence-electron chi connectivity index (χ3n) is 3.93. The Bertz CT molecular complexity index is 594. The predicted molar refractivity (Wildman–Crippen MR) is 89.2 cm³/mol. The molecule has 2 rings (SSSR count). The summed E-state index contributed by atoms with van der Waals surface area (Å²) in [6, 6.07) is 5.31. The Hall–Kier alpha value is -0.560. The summed E-state index contributed by atoms with van der Waals surface area (Å²) < 4.78 is 27.7. The molecule has 118 valence electrons. The molecule has 6 heteroatoms. The van der Waals surface area contributed by atoms with Crippen molar-refractivity contribution in [2.75, 3.05) is 19.3 Å². The molecule has 0 aliphatic carbocycles. The maximum Gasteiger partial charge on any atom is 0.240 e. The Morgan fingerprint density at radius 3 is 2.76 bits per heavy atom. The molecule has 1 atom stereocenters. The zero-order valence-corrected chi connectivity index (χ0v) is 14.5. The first-order valence-electron chi connectivity index (χ1n) is 7.24. The van der Waals surface area contributed by atoms with Crippen molar-refractivity contribution < 1.29 is 8.42 Å². The van der Waals surface area contributed by atoms with Crippen LogP contribution in [0.25, 0.3) is 0 Å². The van der Waals surface area contributed by atoms with Crippen molar-refractivity contribution in [2.24, 2.45) is 0 Å². The number of aryl methyl sites for hydroxylation is 1. The van der Waals surface area contributed by atoms with Gasteiger partial charge in [-0.1, -0.05) is 6.07 Å². The number of nitrogens with one attached hydrogen (secondary N) is 2. The van der Waals surface area contributed by atoms with Crippen LogP contribution in [0.3, 0.4) is 0 Å². The van der Waals surface area contributed by atoms with Gasteiger partial charge in [-0.15, -0.1) is 0 Å². The topological polar surface area (TPSA) is 58.2 Å². The minimum absolute atomic E-state index is 0.0333. The molecule has 1 heterocycles. The fraction of sp³-hybridized carbons (Fsp3) is 0.600. The summed E-state index contributed by atoms with van der Waals surface area (Å²) in [5.74, 6) is 1.12. The van der Waals surface area contributed by atoms with Crippen LogP contribution < -0.4 is 10.0 Å². The largest absolute Gasteiger partial charge is 0.316 e. The lowest BCUT2D eigenvalue weighted by molar-refractivity contribution is 0.552. The fourth-order valence-corrected chi connectivity index (χ4v) is 5.06. The van der Waals surface area contributed by atoms with E-state index < -0.39 is 10.0 Å². The van der Waals surface area contributed by atoms with E-state index in [-0.39, 0.29) is 4.75 Å². The molecule has 0 saturated carbocycles. The van der Waals surface area contributed by atoms with Crippen molar-refractivity contribution in [1.82, 2.24) is 10.0 Å². The van der Waals surface area contributed by atoms with Crippen molar-refractivity contribution >= 4 is 21.8 Å². The van der Waals surface area contributed by atoms with Gasteiger partial charge in [-0.3, -0.25) is 0 Å². The third kappa shape index (κ3) is 4.22. The van der Waals surface area contributed by atoms with Gasteiger partial charge >= 0.3 is 0 Å². The van der Waals surface area contributed by atoms with Crippen LogP contribution in [0.2, 0.25) is 0 Å². The van der Waals surface area contributed by atoms with Crippen LogP contribution in [0.5, 0.6) is 0 Å². The second-order valence-corrected chi connectivity index (χ2v) is 9.29. The van der Waals surface area contributed by atoms with Crippen molar-refractivity contribution in [2.45, 2.75) is 42.9 Å². The molecule has 21 heavy (non-hydrogen) atoms. The molecule has 0 amide bonds. The number of hydrogen-bond acceptors (Lipinski definition) is 4. The van der Waals surface area contributed by atoms with Crippen LogP contribution in [-0.4, -0.2) is 32.5 Å². The minimum Gasteiger partial charge on any atom is -0.316 e. The molecule has 1 saturated heterocycles. The van der Waals surface area contributed by atoms with E-state index in [1.807, 2.05) is 31.8 Å². The summed E-state index contributed by atoms with van der Waals surface area (Å²) in [4.78, 5) is 0.352. The Morgan fingerprint density at radius 1 is 1.38 bits per heavy atom. The number of rotatable bonds is 6. The monoisotopic (exact) mass is 328 g/mol.